The molecule has 32 heavy (non-hydrogen) atoms. The number of nitriles is 1. The number of anilines is 1. The second kappa shape index (κ2) is 8.60. The third kappa shape index (κ3) is 3.59. The molecule has 3 aromatic rings. The molecule has 1 aliphatic carbocycles. The molecule has 8 heteroatoms. The number of aromatic nitrogens is 1. The summed E-state index contributed by atoms with van der Waals surface area (Å²) < 4.78 is 5.54. The Bertz CT molecular complexity index is 1280. The number of halogens is 1. The van der Waals surface area contributed by atoms with Gasteiger partial charge in [-0.3, -0.25) is 4.79 Å². The number of allylic oxidation sites excluding steroid dienone is 2. The number of ether oxygens (including phenoxy) is 1. The van der Waals surface area contributed by atoms with Crippen molar-refractivity contribution in [3.05, 3.63) is 82.2 Å². The van der Waals surface area contributed by atoms with Crippen molar-refractivity contribution in [1.29, 1.82) is 5.26 Å². The highest BCUT2D eigenvalue weighted by Gasteiger charge is 2.45. The van der Waals surface area contributed by atoms with E-state index in [0.717, 1.165) is 10.4 Å². The molecule has 1 aliphatic rings. The summed E-state index contributed by atoms with van der Waals surface area (Å²) in [7, 11) is 1.51. The van der Waals surface area contributed by atoms with Crippen molar-refractivity contribution in [2.45, 2.75) is 11.5 Å². The van der Waals surface area contributed by atoms with E-state index in [9.17, 15) is 10.1 Å². The van der Waals surface area contributed by atoms with Crippen LogP contribution in [-0.4, -0.2) is 24.1 Å². The Morgan fingerprint density at radius 1 is 1.31 bits per heavy atom. The number of methoxy groups -OCH3 is 1. The maximum atomic E-state index is 12.6. The number of thiophene rings is 1. The minimum Gasteiger partial charge on any atom is -0.383 e. The molecule has 0 fully saturated rings. The number of carbonyl (C=O) groups excluding carboxylic acids is 1. The third-order valence-corrected chi connectivity index (χ3v) is 6.64. The Hall–Kier alpha value is -3.44. The highest BCUT2D eigenvalue weighted by atomic mass is 35.5. The maximum absolute atomic E-state index is 12.6. The monoisotopic (exact) mass is 462 g/mol. The molecule has 4 N–H and O–H groups in total. The Morgan fingerprint density at radius 3 is 2.66 bits per heavy atom. The van der Waals surface area contributed by atoms with Crippen molar-refractivity contribution in [1.82, 2.24) is 4.98 Å². The average molecular weight is 463 g/mol. The lowest BCUT2D eigenvalue weighted by Gasteiger charge is -2.36. The Labute approximate surface area is 194 Å². The smallest absolute Gasteiger partial charge is 0.235 e. The number of hydrogen-bond acceptors (Lipinski definition) is 6. The average Bonchev–Trinajstić information content (AvgIpc) is 3.33. The normalized spacial score (nSPS) is 19.9. The molecule has 0 bridgehead atoms. The number of primary amides is 1. The van der Waals surface area contributed by atoms with Gasteiger partial charge in [-0.05, 0) is 40.8 Å². The highest BCUT2D eigenvalue weighted by molar-refractivity contribution is 7.13. The molecule has 160 valence electrons. The van der Waals surface area contributed by atoms with Gasteiger partial charge in [0.15, 0.2) is 0 Å². The van der Waals surface area contributed by atoms with Gasteiger partial charge in [-0.1, -0.05) is 48.0 Å². The van der Waals surface area contributed by atoms with Crippen LogP contribution in [0.25, 0.3) is 21.7 Å². The zero-order chi connectivity index (χ0) is 22.9. The number of amides is 1. The van der Waals surface area contributed by atoms with Crippen LogP contribution in [0.4, 0.5) is 5.82 Å². The van der Waals surface area contributed by atoms with E-state index < -0.39 is 17.4 Å². The summed E-state index contributed by atoms with van der Waals surface area (Å²) in [5.74, 6) is -0.414. The van der Waals surface area contributed by atoms with Gasteiger partial charge >= 0.3 is 0 Å². The molecule has 2 atom stereocenters. The van der Waals surface area contributed by atoms with E-state index in [1.807, 2.05) is 35.7 Å². The van der Waals surface area contributed by atoms with Gasteiger partial charge in [-0.25, -0.2) is 4.98 Å². The molecule has 0 saturated heterocycles. The zero-order valence-electron chi connectivity index (χ0n) is 17.1. The van der Waals surface area contributed by atoms with E-state index in [-0.39, 0.29) is 5.82 Å². The van der Waals surface area contributed by atoms with Gasteiger partial charge in [0, 0.05) is 17.7 Å². The van der Waals surface area contributed by atoms with E-state index in [2.05, 4.69) is 11.1 Å². The van der Waals surface area contributed by atoms with Gasteiger partial charge in [-0.2, -0.15) is 5.26 Å². The highest BCUT2D eigenvalue weighted by Crippen LogP contribution is 2.39. The molecular formula is C24H19ClN4O2S. The Morgan fingerprint density at radius 2 is 2.06 bits per heavy atom. The first-order chi connectivity index (χ1) is 15.4. The van der Waals surface area contributed by atoms with Crippen molar-refractivity contribution in [3.63, 3.8) is 0 Å². The van der Waals surface area contributed by atoms with E-state index in [4.69, 9.17) is 27.8 Å². The van der Waals surface area contributed by atoms with Crippen molar-refractivity contribution in [2.75, 3.05) is 12.8 Å². The SMILES string of the molecule is COC1C=CC(Cl)=CC1(C(N)=O)c1ccc(-c2cc(-c3cccs3)nc(N)c2C#N)cc1. The minimum absolute atomic E-state index is 0.165. The number of hydrogen-bond donors (Lipinski definition) is 2. The number of rotatable bonds is 5. The largest absolute Gasteiger partial charge is 0.383 e. The first-order valence-electron chi connectivity index (χ1n) is 9.65. The standard InChI is InChI=1S/C24H19ClN4O2S/c1-31-21-9-8-16(25)12-24(21,23(28)30)15-6-4-14(5-7-15)17-11-19(20-3-2-10-32-20)29-22(27)18(17)13-26/h2-12,21H,1H3,(H2,27,29)(H2,28,30). The lowest BCUT2D eigenvalue weighted by atomic mass is 9.72. The predicted molar refractivity (Wildman–Crippen MR) is 127 cm³/mol. The molecule has 0 aliphatic heterocycles. The summed E-state index contributed by atoms with van der Waals surface area (Å²) in [6, 6.07) is 15.1. The lowest BCUT2D eigenvalue weighted by molar-refractivity contribution is -0.125. The van der Waals surface area contributed by atoms with Crippen LogP contribution in [0, 0.1) is 11.3 Å². The second-order valence-corrected chi connectivity index (χ2v) is 8.64. The molecule has 2 aromatic heterocycles. The number of nitrogens with two attached hydrogens (primary N) is 2. The molecule has 4 rings (SSSR count). The molecular weight excluding hydrogens is 444 g/mol. The van der Waals surface area contributed by atoms with Crippen LogP contribution in [0.2, 0.25) is 0 Å². The first-order valence-corrected chi connectivity index (χ1v) is 10.9. The Kier molecular flexibility index (Phi) is 5.85. The van der Waals surface area contributed by atoms with Crippen LogP contribution in [-0.2, 0) is 14.9 Å². The summed E-state index contributed by atoms with van der Waals surface area (Å²) in [6.07, 6.45) is 4.40. The fourth-order valence-electron chi connectivity index (χ4n) is 3.93. The van der Waals surface area contributed by atoms with Gasteiger partial charge < -0.3 is 16.2 Å². The van der Waals surface area contributed by atoms with Crippen molar-refractivity contribution in [2.24, 2.45) is 5.73 Å². The molecule has 2 heterocycles. The summed E-state index contributed by atoms with van der Waals surface area (Å²) in [5, 5.41) is 12.0. The Balaban J connectivity index is 1.83. The number of pyridine rings is 1. The summed E-state index contributed by atoms with van der Waals surface area (Å²) in [5.41, 5.74) is 13.7. The van der Waals surface area contributed by atoms with Crippen LogP contribution in [0.5, 0.6) is 0 Å². The minimum atomic E-state index is -1.25. The predicted octanol–water partition coefficient (Wildman–Crippen LogP) is 4.36. The lowest BCUT2D eigenvalue weighted by Crippen LogP contribution is -2.50. The first kappa shape index (κ1) is 21.8. The second-order valence-electron chi connectivity index (χ2n) is 7.26. The zero-order valence-corrected chi connectivity index (χ0v) is 18.7. The van der Waals surface area contributed by atoms with Crippen molar-refractivity contribution < 1.29 is 9.53 Å². The van der Waals surface area contributed by atoms with Crippen LogP contribution in [0.1, 0.15) is 11.1 Å². The topological polar surface area (TPSA) is 115 Å². The molecule has 0 radical (unpaired) electrons. The van der Waals surface area contributed by atoms with Crippen molar-refractivity contribution in [3.8, 4) is 27.8 Å². The summed E-state index contributed by atoms with van der Waals surface area (Å²) in [4.78, 5) is 17.9. The number of nitrogens with zero attached hydrogens (tertiary/aromatic N) is 2. The van der Waals surface area contributed by atoms with Gasteiger partial charge in [-0.15, -0.1) is 11.3 Å². The molecule has 1 aromatic carbocycles. The van der Waals surface area contributed by atoms with Gasteiger partial charge in [0.25, 0.3) is 0 Å². The van der Waals surface area contributed by atoms with Crippen LogP contribution in [0.15, 0.2) is 71.1 Å². The molecule has 1 amide bonds. The van der Waals surface area contributed by atoms with E-state index in [1.165, 1.54) is 18.4 Å². The number of carbonyl (C=O) groups is 1. The summed E-state index contributed by atoms with van der Waals surface area (Å²) in [6.45, 7) is 0. The van der Waals surface area contributed by atoms with Gasteiger partial charge in [0.1, 0.15) is 22.9 Å². The van der Waals surface area contributed by atoms with Crippen LogP contribution >= 0.6 is 22.9 Å². The molecule has 6 nitrogen and oxygen atoms in total. The molecule has 0 spiro atoms. The van der Waals surface area contributed by atoms with Crippen molar-refractivity contribution >= 4 is 34.7 Å². The van der Waals surface area contributed by atoms with Crippen LogP contribution < -0.4 is 11.5 Å². The third-order valence-electron chi connectivity index (χ3n) is 5.51. The molecule has 0 saturated carbocycles. The van der Waals surface area contributed by atoms with Gasteiger partial charge in [0.2, 0.25) is 5.91 Å². The molecule has 2 unspecified atom stereocenters. The maximum Gasteiger partial charge on any atom is 0.235 e. The van der Waals surface area contributed by atoms with E-state index in [0.29, 0.717) is 27.4 Å². The number of benzene rings is 1. The van der Waals surface area contributed by atoms with Gasteiger partial charge in [0.05, 0.1) is 16.7 Å². The van der Waals surface area contributed by atoms with E-state index >= 15 is 0 Å². The fourth-order valence-corrected chi connectivity index (χ4v) is 4.86. The fraction of sp³-hybridized carbons (Fsp3) is 0.125. The summed E-state index contributed by atoms with van der Waals surface area (Å²) >= 11 is 7.76. The van der Waals surface area contributed by atoms with E-state index in [1.54, 1.807) is 30.4 Å². The number of nitrogen functional groups attached to an aromatic ring is 1. The quantitative estimate of drug-likeness (QED) is 0.584. The van der Waals surface area contributed by atoms with Crippen LogP contribution in [0.3, 0.4) is 0 Å².